The first kappa shape index (κ1) is 13.8. The fourth-order valence-electron chi connectivity index (χ4n) is 2.19. The standard InChI is InChI=1S/C14H23N5/c1-4-6-15-14(12-8-16-18(3)10-12)13-9-17-19(11-13)7-5-2/h8-11,14-15H,4-7H2,1-3H3. The van der Waals surface area contributed by atoms with E-state index in [1.165, 1.54) is 11.1 Å². The minimum absolute atomic E-state index is 0.180. The Morgan fingerprint density at radius 3 is 2.47 bits per heavy atom. The Kier molecular flexibility index (Phi) is 4.74. The molecule has 1 unspecified atom stereocenters. The van der Waals surface area contributed by atoms with E-state index < -0.39 is 0 Å². The van der Waals surface area contributed by atoms with Crippen LogP contribution >= 0.6 is 0 Å². The molecule has 5 nitrogen and oxygen atoms in total. The first-order valence-corrected chi connectivity index (χ1v) is 6.98. The van der Waals surface area contributed by atoms with E-state index in [1.54, 1.807) is 0 Å². The Bertz CT molecular complexity index is 499. The fourth-order valence-corrected chi connectivity index (χ4v) is 2.19. The van der Waals surface area contributed by atoms with Gasteiger partial charge in [-0.1, -0.05) is 13.8 Å². The van der Waals surface area contributed by atoms with E-state index in [0.717, 1.165) is 25.9 Å². The van der Waals surface area contributed by atoms with Crippen LogP contribution in [0.1, 0.15) is 43.9 Å². The summed E-state index contributed by atoms with van der Waals surface area (Å²) in [6, 6.07) is 0.180. The Balaban J connectivity index is 2.20. The molecule has 0 spiro atoms. The Morgan fingerprint density at radius 2 is 1.84 bits per heavy atom. The summed E-state index contributed by atoms with van der Waals surface area (Å²) < 4.78 is 3.85. The van der Waals surface area contributed by atoms with E-state index in [0.29, 0.717) is 0 Å². The van der Waals surface area contributed by atoms with Gasteiger partial charge in [-0.15, -0.1) is 0 Å². The van der Waals surface area contributed by atoms with Crippen LogP contribution in [0.4, 0.5) is 0 Å². The quantitative estimate of drug-likeness (QED) is 0.830. The maximum atomic E-state index is 4.42. The van der Waals surface area contributed by atoms with Gasteiger partial charge in [-0.3, -0.25) is 9.36 Å². The third-order valence-corrected chi connectivity index (χ3v) is 3.10. The zero-order chi connectivity index (χ0) is 13.7. The van der Waals surface area contributed by atoms with Gasteiger partial charge in [-0.25, -0.2) is 0 Å². The number of hydrogen-bond acceptors (Lipinski definition) is 3. The van der Waals surface area contributed by atoms with Crippen molar-refractivity contribution in [3.8, 4) is 0 Å². The van der Waals surface area contributed by atoms with Crippen LogP contribution in [0.3, 0.4) is 0 Å². The molecule has 2 heterocycles. The second kappa shape index (κ2) is 6.52. The smallest absolute Gasteiger partial charge is 0.0639 e. The van der Waals surface area contributed by atoms with Crippen molar-refractivity contribution >= 4 is 0 Å². The molecular formula is C14H23N5. The lowest BCUT2D eigenvalue weighted by Gasteiger charge is -2.15. The molecule has 0 aromatic carbocycles. The van der Waals surface area contributed by atoms with Crippen molar-refractivity contribution in [3.63, 3.8) is 0 Å². The van der Waals surface area contributed by atoms with Crippen LogP contribution in [0.25, 0.3) is 0 Å². The highest BCUT2D eigenvalue weighted by Gasteiger charge is 2.16. The van der Waals surface area contributed by atoms with Crippen molar-refractivity contribution in [2.75, 3.05) is 6.54 Å². The monoisotopic (exact) mass is 261 g/mol. The van der Waals surface area contributed by atoms with Crippen molar-refractivity contribution in [2.24, 2.45) is 7.05 Å². The van der Waals surface area contributed by atoms with Gasteiger partial charge >= 0.3 is 0 Å². The number of aryl methyl sites for hydroxylation is 2. The normalized spacial score (nSPS) is 12.8. The summed E-state index contributed by atoms with van der Waals surface area (Å²) in [4.78, 5) is 0. The molecule has 5 heteroatoms. The largest absolute Gasteiger partial charge is 0.306 e. The minimum atomic E-state index is 0.180. The molecule has 0 aliphatic carbocycles. The van der Waals surface area contributed by atoms with Crippen molar-refractivity contribution < 1.29 is 0 Å². The summed E-state index contributed by atoms with van der Waals surface area (Å²) in [7, 11) is 1.95. The summed E-state index contributed by atoms with van der Waals surface area (Å²) >= 11 is 0. The molecule has 1 atom stereocenters. The van der Waals surface area contributed by atoms with Crippen molar-refractivity contribution in [2.45, 2.75) is 39.3 Å². The maximum absolute atomic E-state index is 4.42. The van der Waals surface area contributed by atoms with Crippen molar-refractivity contribution in [1.82, 2.24) is 24.9 Å². The predicted octanol–water partition coefficient (Wildman–Crippen LogP) is 2.12. The zero-order valence-electron chi connectivity index (χ0n) is 12.0. The SMILES string of the molecule is CCCNC(c1cnn(C)c1)c1cnn(CCC)c1. The number of hydrogen-bond donors (Lipinski definition) is 1. The first-order chi connectivity index (χ1) is 9.24. The highest BCUT2D eigenvalue weighted by molar-refractivity contribution is 5.25. The zero-order valence-corrected chi connectivity index (χ0v) is 12.0. The molecule has 104 valence electrons. The molecule has 0 radical (unpaired) electrons. The van der Waals surface area contributed by atoms with Gasteiger partial charge in [0.15, 0.2) is 0 Å². The first-order valence-electron chi connectivity index (χ1n) is 6.98. The van der Waals surface area contributed by atoms with Gasteiger partial charge in [0.25, 0.3) is 0 Å². The number of nitrogens with one attached hydrogen (secondary N) is 1. The Hall–Kier alpha value is -1.62. The number of aromatic nitrogens is 4. The summed E-state index contributed by atoms with van der Waals surface area (Å²) in [6.45, 7) is 6.29. The fraction of sp³-hybridized carbons (Fsp3) is 0.571. The molecule has 0 aliphatic heterocycles. The van der Waals surface area contributed by atoms with Gasteiger partial charge in [-0.05, 0) is 19.4 Å². The Morgan fingerprint density at radius 1 is 1.11 bits per heavy atom. The molecule has 2 rings (SSSR count). The van der Waals surface area contributed by atoms with Crippen molar-refractivity contribution in [3.05, 3.63) is 35.9 Å². The molecule has 0 bridgehead atoms. The van der Waals surface area contributed by atoms with Crippen LogP contribution in [-0.2, 0) is 13.6 Å². The average molecular weight is 261 g/mol. The molecule has 0 saturated carbocycles. The molecule has 0 aliphatic rings. The van der Waals surface area contributed by atoms with Crippen LogP contribution in [0.2, 0.25) is 0 Å². The third kappa shape index (κ3) is 3.44. The van der Waals surface area contributed by atoms with Gasteiger partial charge < -0.3 is 5.32 Å². The molecular weight excluding hydrogens is 238 g/mol. The lowest BCUT2D eigenvalue weighted by Crippen LogP contribution is -2.22. The third-order valence-electron chi connectivity index (χ3n) is 3.10. The van der Waals surface area contributed by atoms with E-state index in [1.807, 2.05) is 28.8 Å². The molecule has 19 heavy (non-hydrogen) atoms. The summed E-state index contributed by atoms with van der Waals surface area (Å²) in [5, 5.41) is 12.2. The van der Waals surface area contributed by atoms with Gasteiger partial charge in [0.1, 0.15) is 0 Å². The van der Waals surface area contributed by atoms with Crippen LogP contribution < -0.4 is 5.32 Å². The van der Waals surface area contributed by atoms with Crippen LogP contribution in [-0.4, -0.2) is 26.1 Å². The molecule has 1 N–H and O–H groups in total. The van der Waals surface area contributed by atoms with Gasteiger partial charge in [0, 0.05) is 37.1 Å². The van der Waals surface area contributed by atoms with E-state index in [9.17, 15) is 0 Å². The maximum Gasteiger partial charge on any atom is 0.0639 e. The lowest BCUT2D eigenvalue weighted by molar-refractivity contribution is 0.588. The highest BCUT2D eigenvalue weighted by Crippen LogP contribution is 2.21. The minimum Gasteiger partial charge on any atom is -0.306 e. The highest BCUT2D eigenvalue weighted by atomic mass is 15.3. The molecule has 0 fully saturated rings. The van der Waals surface area contributed by atoms with Crippen molar-refractivity contribution in [1.29, 1.82) is 0 Å². The summed E-state index contributed by atoms with van der Waals surface area (Å²) in [5.41, 5.74) is 2.39. The second-order valence-corrected chi connectivity index (χ2v) is 4.87. The summed E-state index contributed by atoms with van der Waals surface area (Å²) in [6.07, 6.45) is 10.3. The van der Waals surface area contributed by atoms with Crippen LogP contribution in [0.5, 0.6) is 0 Å². The summed E-state index contributed by atoms with van der Waals surface area (Å²) in [5.74, 6) is 0. The topological polar surface area (TPSA) is 47.7 Å². The predicted molar refractivity (Wildman–Crippen MR) is 75.9 cm³/mol. The van der Waals surface area contributed by atoms with E-state index in [4.69, 9.17) is 0 Å². The van der Waals surface area contributed by atoms with E-state index in [2.05, 4.69) is 41.8 Å². The number of rotatable bonds is 7. The van der Waals surface area contributed by atoms with Crippen LogP contribution in [0, 0.1) is 0 Å². The molecule has 0 amide bonds. The molecule has 0 saturated heterocycles. The van der Waals surface area contributed by atoms with Crippen LogP contribution in [0.15, 0.2) is 24.8 Å². The lowest BCUT2D eigenvalue weighted by atomic mass is 10.1. The van der Waals surface area contributed by atoms with E-state index >= 15 is 0 Å². The van der Waals surface area contributed by atoms with Gasteiger partial charge in [-0.2, -0.15) is 10.2 Å². The Labute approximate surface area is 114 Å². The van der Waals surface area contributed by atoms with Gasteiger partial charge in [0.05, 0.1) is 18.4 Å². The second-order valence-electron chi connectivity index (χ2n) is 4.87. The van der Waals surface area contributed by atoms with E-state index in [-0.39, 0.29) is 6.04 Å². The molecule has 2 aromatic rings. The average Bonchev–Trinajstić information content (AvgIpc) is 3.01. The molecule has 2 aromatic heterocycles. The van der Waals surface area contributed by atoms with Gasteiger partial charge in [0.2, 0.25) is 0 Å². The number of nitrogens with zero attached hydrogens (tertiary/aromatic N) is 4.